The molecule has 2 N–H and O–H groups in total. The summed E-state index contributed by atoms with van der Waals surface area (Å²) in [6, 6.07) is 22.6. The molecule has 3 rings (SSSR count). The van der Waals surface area contributed by atoms with E-state index < -0.39 is 0 Å². The molecule has 3 aromatic carbocycles. The molecule has 0 amide bonds. The molecule has 106 valence electrons. The third-order valence-corrected chi connectivity index (χ3v) is 3.59. The van der Waals surface area contributed by atoms with Gasteiger partial charge in [0, 0.05) is 5.39 Å². The normalized spacial score (nSPS) is 10.7. The standard InChI is InChI=1S/C19H19NO/c20-14-6-10-16-8-2-4-12-18(16)21-19-13-5-9-15-7-1-3-11-17(15)19/h1-5,7-9,11-13H,6,10,14,20H2. The van der Waals surface area contributed by atoms with E-state index in [0.29, 0.717) is 6.54 Å². The summed E-state index contributed by atoms with van der Waals surface area (Å²) in [5.74, 6) is 1.82. The number of nitrogens with two attached hydrogens (primary N) is 1. The fraction of sp³-hybridized carbons (Fsp3) is 0.158. The molecule has 0 unspecified atom stereocenters. The summed E-state index contributed by atoms with van der Waals surface area (Å²) in [6.07, 6.45) is 1.91. The Hall–Kier alpha value is -2.32. The summed E-state index contributed by atoms with van der Waals surface area (Å²) in [4.78, 5) is 0. The van der Waals surface area contributed by atoms with Gasteiger partial charge in [0.15, 0.2) is 0 Å². The fourth-order valence-corrected chi connectivity index (χ4v) is 2.51. The number of benzene rings is 3. The van der Waals surface area contributed by atoms with E-state index in [2.05, 4.69) is 24.3 Å². The number of hydrogen-bond donors (Lipinski definition) is 1. The molecule has 0 fully saturated rings. The van der Waals surface area contributed by atoms with Gasteiger partial charge >= 0.3 is 0 Å². The molecule has 0 heterocycles. The van der Waals surface area contributed by atoms with Gasteiger partial charge in [0.2, 0.25) is 0 Å². The quantitative estimate of drug-likeness (QED) is 0.744. The zero-order valence-electron chi connectivity index (χ0n) is 12.0. The molecule has 2 nitrogen and oxygen atoms in total. The summed E-state index contributed by atoms with van der Waals surface area (Å²) in [5.41, 5.74) is 6.82. The number of aryl methyl sites for hydroxylation is 1. The van der Waals surface area contributed by atoms with Gasteiger partial charge < -0.3 is 10.5 Å². The number of fused-ring (bicyclic) bond motifs is 1. The maximum Gasteiger partial charge on any atom is 0.135 e. The third-order valence-electron chi connectivity index (χ3n) is 3.59. The van der Waals surface area contributed by atoms with Gasteiger partial charge in [-0.3, -0.25) is 0 Å². The molecular formula is C19H19NO. The number of hydrogen-bond acceptors (Lipinski definition) is 2. The Labute approximate surface area is 125 Å². The highest BCUT2D eigenvalue weighted by Crippen LogP contribution is 2.31. The minimum Gasteiger partial charge on any atom is -0.456 e. The van der Waals surface area contributed by atoms with E-state index in [4.69, 9.17) is 10.5 Å². The van der Waals surface area contributed by atoms with Crippen LogP contribution in [0.1, 0.15) is 12.0 Å². The first kappa shape index (κ1) is 13.7. The minimum absolute atomic E-state index is 0.697. The molecule has 0 bridgehead atoms. The van der Waals surface area contributed by atoms with Gasteiger partial charge in [-0.2, -0.15) is 0 Å². The number of ether oxygens (including phenoxy) is 1. The van der Waals surface area contributed by atoms with Gasteiger partial charge in [-0.15, -0.1) is 0 Å². The number of rotatable bonds is 5. The topological polar surface area (TPSA) is 35.2 Å². The Balaban J connectivity index is 1.95. The monoisotopic (exact) mass is 277 g/mol. The van der Waals surface area contributed by atoms with E-state index in [-0.39, 0.29) is 0 Å². The van der Waals surface area contributed by atoms with E-state index in [9.17, 15) is 0 Å². The maximum atomic E-state index is 6.18. The molecule has 3 aromatic rings. The first-order valence-electron chi connectivity index (χ1n) is 7.32. The van der Waals surface area contributed by atoms with Crippen LogP contribution in [0.15, 0.2) is 66.7 Å². The lowest BCUT2D eigenvalue weighted by molar-refractivity contribution is 0.481. The van der Waals surface area contributed by atoms with Crippen LogP contribution in [-0.2, 0) is 6.42 Å². The molecular weight excluding hydrogens is 258 g/mol. The Kier molecular flexibility index (Phi) is 4.17. The van der Waals surface area contributed by atoms with Crippen molar-refractivity contribution in [2.45, 2.75) is 12.8 Å². The van der Waals surface area contributed by atoms with E-state index in [0.717, 1.165) is 29.7 Å². The average molecular weight is 277 g/mol. The summed E-state index contributed by atoms with van der Waals surface area (Å²) in [5, 5.41) is 2.32. The van der Waals surface area contributed by atoms with E-state index in [1.807, 2.05) is 42.5 Å². The van der Waals surface area contributed by atoms with Crippen LogP contribution in [0.25, 0.3) is 10.8 Å². The molecule has 0 saturated heterocycles. The zero-order valence-corrected chi connectivity index (χ0v) is 12.0. The molecule has 0 atom stereocenters. The SMILES string of the molecule is NCCCc1ccccc1Oc1cccc2ccccc12. The molecule has 0 spiro atoms. The second kappa shape index (κ2) is 6.42. The highest BCUT2D eigenvalue weighted by molar-refractivity contribution is 5.88. The van der Waals surface area contributed by atoms with E-state index >= 15 is 0 Å². The zero-order chi connectivity index (χ0) is 14.5. The summed E-state index contributed by atoms with van der Waals surface area (Å²) in [6.45, 7) is 0.697. The van der Waals surface area contributed by atoms with Crippen molar-refractivity contribution >= 4 is 10.8 Å². The lowest BCUT2D eigenvalue weighted by atomic mass is 10.1. The van der Waals surface area contributed by atoms with Crippen molar-refractivity contribution in [2.24, 2.45) is 5.73 Å². The van der Waals surface area contributed by atoms with Crippen LogP contribution < -0.4 is 10.5 Å². The van der Waals surface area contributed by atoms with E-state index in [1.165, 1.54) is 10.9 Å². The van der Waals surface area contributed by atoms with Crippen molar-refractivity contribution in [1.82, 2.24) is 0 Å². The Bertz CT molecular complexity index is 731. The molecule has 21 heavy (non-hydrogen) atoms. The molecule has 2 heteroatoms. The van der Waals surface area contributed by atoms with Gasteiger partial charge in [0.1, 0.15) is 11.5 Å². The maximum absolute atomic E-state index is 6.18. The first-order chi connectivity index (χ1) is 10.4. The van der Waals surface area contributed by atoms with E-state index in [1.54, 1.807) is 0 Å². The van der Waals surface area contributed by atoms with Gasteiger partial charge in [-0.05, 0) is 42.5 Å². The Morgan fingerprint density at radius 2 is 1.48 bits per heavy atom. The van der Waals surface area contributed by atoms with Gasteiger partial charge in [0.05, 0.1) is 0 Å². The van der Waals surface area contributed by atoms with Crippen LogP contribution in [0, 0.1) is 0 Å². The Morgan fingerprint density at radius 1 is 0.762 bits per heavy atom. The van der Waals surface area contributed by atoms with Crippen molar-refractivity contribution in [3.05, 3.63) is 72.3 Å². The van der Waals surface area contributed by atoms with Crippen LogP contribution in [0.3, 0.4) is 0 Å². The fourth-order valence-electron chi connectivity index (χ4n) is 2.51. The van der Waals surface area contributed by atoms with Crippen molar-refractivity contribution < 1.29 is 4.74 Å². The minimum atomic E-state index is 0.697. The summed E-state index contributed by atoms with van der Waals surface area (Å²) >= 11 is 0. The molecule has 0 saturated carbocycles. The highest BCUT2D eigenvalue weighted by atomic mass is 16.5. The lowest BCUT2D eigenvalue weighted by Crippen LogP contribution is -2.01. The predicted molar refractivity (Wildman–Crippen MR) is 87.8 cm³/mol. The third kappa shape index (κ3) is 3.06. The molecule has 0 aliphatic heterocycles. The van der Waals surface area contributed by atoms with Crippen molar-refractivity contribution in [3.8, 4) is 11.5 Å². The van der Waals surface area contributed by atoms with Crippen LogP contribution in [0.5, 0.6) is 11.5 Å². The van der Waals surface area contributed by atoms with Crippen LogP contribution >= 0.6 is 0 Å². The van der Waals surface area contributed by atoms with Crippen LogP contribution in [0.4, 0.5) is 0 Å². The summed E-state index contributed by atoms with van der Waals surface area (Å²) < 4.78 is 6.18. The average Bonchev–Trinajstić information content (AvgIpc) is 2.54. The van der Waals surface area contributed by atoms with Gasteiger partial charge in [-0.25, -0.2) is 0 Å². The second-order valence-corrected chi connectivity index (χ2v) is 5.08. The highest BCUT2D eigenvalue weighted by Gasteiger charge is 2.06. The smallest absolute Gasteiger partial charge is 0.135 e. The van der Waals surface area contributed by atoms with Gasteiger partial charge in [0.25, 0.3) is 0 Å². The largest absolute Gasteiger partial charge is 0.456 e. The molecule has 0 aromatic heterocycles. The molecule has 0 aliphatic carbocycles. The predicted octanol–water partition coefficient (Wildman–Crippen LogP) is 4.52. The van der Waals surface area contributed by atoms with Crippen molar-refractivity contribution in [2.75, 3.05) is 6.54 Å². The first-order valence-corrected chi connectivity index (χ1v) is 7.32. The Morgan fingerprint density at radius 3 is 2.38 bits per heavy atom. The lowest BCUT2D eigenvalue weighted by Gasteiger charge is -2.12. The van der Waals surface area contributed by atoms with Crippen molar-refractivity contribution in [3.63, 3.8) is 0 Å². The van der Waals surface area contributed by atoms with Crippen LogP contribution in [-0.4, -0.2) is 6.54 Å². The van der Waals surface area contributed by atoms with Crippen molar-refractivity contribution in [1.29, 1.82) is 0 Å². The number of para-hydroxylation sites is 1. The second-order valence-electron chi connectivity index (χ2n) is 5.08. The molecule has 0 radical (unpaired) electrons. The molecule has 0 aliphatic rings. The van der Waals surface area contributed by atoms with Crippen LogP contribution in [0.2, 0.25) is 0 Å². The summed E-state index contributed by atoms with van der Waals surface area (Å²) in [7, 11) is 0. The van der Waals surface area contributed by atoms with Gasteiger partial charge in [-0.1, -0.05) is 54.6 Å².